The van der Waals surface area contributed by atoms with E-state index in [4.69, 9.17) is 0 Å². The van der Waals surface area contributed by atoms with Gasteiger partial charge in [-0.05, 0) is 61.1 Å². The minimum absolute atomic E-state index is 0.151. The number of alkyl halides is 1. The van der Waals surface area contributed by atoms with Gasteiger partial charge in [0.05, 0.1) is 0 Å². The van der Waals surface area contributed by atoms with Crippen LogP contribution in [0.4, 0.5) is 4.39 Å². The van der Waals surface area contributed by atoms with Crippen LogP contribution in [0.25, 0.3) is 0 Å². The topological polar surface area (TPSA) is 0 Å². The van der Waals surface area contributed by atoms with Gasteiger partial charge in [0, 0.05) is 11.2 Å². The molecule has 0 N–H and O–H groups in total. The quantitative estimate of drug-likeness (QED) is 0.434. The lowest BCUT2D eigenvalue weighted by atomic mass is 9.86. The van der Waals surface area contributed by atoms with Crippen molar-refractivity contribution in [1.29, 1.82) is 0 Å². The summed E-state index contributed by atoms with van der Waals surface area (Å²) in [7, 11) is 0. The zero-order valence-corrected chi connectivity index (χ0v) is 14.3. The molecule has 0 unspecified atom stereocenters. The van der Waals surface area contributed by atoms with Gasteiger partial charge in [0.2, 0.25) is 0 Å². The Morgan fingerprint density at radius 2 is 1.71 bits per heavy atom. The highest BCUT2D eigenvalue weighted by Crippen LogP contribution is 2.31. The predicted molar refractivity (Wildman–Crippen MR) is 91.8 cm³/mol. The van der Waals surface area contributed by atoms with Gasteiger partial charge in [0.1, 0.15) is 5.82 Å². The summed E-state index contributed by atoms with van der Waals surface area (Å²) in [5.41, 5.74) is 4.97. The third kappa shape index (κ3) is 4.41. The van der Waals surface area contributed by atoms with Crippen LogP contribution >= 0.6 is 15.9 Å². The van der Waals surface area contributed by atoms with E-state index in [1.54, 1.807) is 6.07 Å². The SMILES string of the molecule is Cc1ccc([C@@H](CCCCBr)c2cccc(F)c2)cc1C. The highest BCUT2D eigenvalue weighted by Gasteiger charge is 2.15. The van der Waals surface area contributed by atoms with Gasteiger partial charge in [0.15, 0.2) is 0 Å². The monoisotopic (exact) mass is 348 g/mol. The second-order valence-corrected chi connectivity index (χ2v) is 6.43. The molecule has 0 nitrogen and oxygen atoms in total. The first-order chi connectivity index (χ1) is 10.1. The number of benzene rings is 2. The van der Waals surface area contributed by atoms with Crippen molar-refractivity contribution in [1.82, 2.24) is 0 Å². The van der Waals surface area contributed by atoms with Crippen LogP contribution in [0, 0.1) is 19.7 Å². The molecule has 0 saturated heterocycles. The fourth-order valence-corrected chi connectivity index (χ4v) is 3.07. The first-order valence-corrected chi connectivity index (χ1v) is 8.62. The zero-order valence-electron chi connectivity index (χ0n) is 12.7. The van der Waals surface area contributed by atoms with Crippen LogP contribution < -0.4 is 0 Å². The van der Waals surface area contributed by atoms with E-state index in [9.17, 15) is 4.39 Å². The van der Waals surface area contributed by atoms with Crippen molar-refractivity contribution in [3.63, 3.8) is 0 Å². The van der Waals surface area contributed by atoms with E-state index in [2.05, 4.69) is 48.0 Å². The molecule has 0 aliphatic heterocycles. The first kappa shape index (κ1) is 16.2. The maximum Gasteiger partial charge on any atom is 0.123 e. The first-order valence-electron chi connectivity index (χ1n) is 7.50. The molecule has 0 fully saturated rings. The molecule has 0 aromatic heterocycles. The normalized spacial score (nSPS) is 12.4. The average Bonchev–Trinajstić information content (AvgIpc) is 2.47. The van der Waals surface area contributed by atoms with Crippen LogP contribution in [-0.2, 0) is 0 Å². The summed E-state index contributed by atoms with van der Waals surface area (Å²) in [5, 5.41) is 1.02. The average molecular weight is 349 g/mol. The van der Waals surface area contributed by atoms with Crippen molar-refractivity contribution in [2.45, 2.75) is 39.0 Å². The summed E-state index contributed by atoms with van der Waals surface area (Å²) in [6, 6.07) is 13.6. The van der Waals surface area contributed by atoms with Crippen LogP contribution in [0.5, 0.6) is 0 Å². The molecule has 2 heteroatoms. The van der Waals surface area contributed by atoms with E-state index in [0.717, 1.165) is 30.2 Å². The molecule has 2 rings (SSSR count). The third-order valence-electron chi connectivity index (χ3n) is 4.06. The Morgan fingerprint density at radius 3 is 2.38 bits per heavy atom. The Balaban J connectivity index is 2.32. The summed E-state index contributed by atoms with van der Waals surface area (Å²) in [6.07, 6.45) is 3.34. The molecule has 0 heterocycles. The molecule has 0 bridgehead atoms. The van der Waals surface area contributed by atoms with E-state index in [1.807, 2.05) is 12.1 Å². The minimum Gasteiger partial charge on any atom is -0.207 e. The van der Waals surface area contributed by atoms with Crippen molar-refractivity contribution >= 4 is 15.9 Å². The van der Waals surface area contributed by atoms with Crippen molar-refractivity contribution in [3.8, 4) is 0 Å². The van der Waals surface area contributed by atoms with Gasteiger partial charge >= 0.3 is 0 Å². The molecule has 1 atom stereocenters. The van der Waals surface area contributed by atoms with E-state index in [1.165, 1.54) is 22.8 Å². The van der Waals surface area contributed by atoms with Crippen molar-refractivity contribution < 1.29 is 4.39 Å². The molecule has 21 heavy (non-hydrogen) atoms. The van der Waals surface area contributed by atoms with Crippen LogP contribution in [0.1, 0.15) is 47.4 Å². The maximum absolute atomic E-state index is 13.6. The Hall–Kier alpha value is -1.15. The molecule has 0 aliphatic carbocycles. The molecular formula is C19H22BrF. The predicted octanol–water partition coefficient (Wildman–Crippen LogP) is 6.14. The Morgan fingerprint density at radius 1 is 0.952 bits per heavy atom. The highest BCUT2D eigenvalue weighted by molar-refractivity contribution is 9.09. The number of hydrogen-bond acceptors (Lipinski definition) is 0. The maximum atomic E-state index is 13.6. The fraction of sp³-hybridized carbons (Fsp3) is 0.368. The van der Waals surface area contributed by atoms with Gasteiger partial charge in [-0.3, -0.25) is 0 Å². The van der Waals surface area contributed by atoms with Crippen LogP contribution in [0.3, 0.4) is 0 Å². The van der Waals surface area contributed by atoms with Crippen molar-refractivity contribution in [3.05, 3.63) is 70.5 Å². The number of halogens is 2. The minimum atomic E-state index is -0.151. The second kappa shape index (κ2) is 7.74. The van der Waals surface area contributed by atoms with Gasteiger partial charge in [-0.1, -0.05) is 52.7 Å². The molecule has 0 spiro atoms. The second-order valence-electron chi connectivity index (χ2n) is 5.64. The van der Waals surface area contributed by atoms with Gasteiger partial charge in [-0.15, -0.1) is 0 Å². The van der Waals surface area contributed by atoms with Crippen LogP contribution in [0.2, 0.25) is 0 Å². The Kier molecular flexibility index (Phi) is 5.98. The molecule has 0 aliphatic rings. The zero-order chi connectivity index (χ0) is 15.2. The molecular weight excluding hydrogens is 327 g/mol. The van der Waals surface area contributed by atoms with Crippen LogP contribution in [-0.4, -0.2) is 5.33 Å². The van der Waals surface area contributed by atoms with Crippen LogP contribution in [0.15, 0.2) is 42.5 Å². The molecule has 2 aromatic rings. The number of unbranched alkanes of at least 4 members (excludes halogenated alkanes) is 1. The number of hydrogen-bond donors (Lipinski definition) is 0. The van der Waals surface area contributed by atoms with E-state index in [0.29, 0.717) is 0 Å². The lowest BCUT2D eigenvalue weighted by molar-refractivity contribution is 0.614. The summed E-state index contributed by atoms with van der Waals surface area (Å²) in [6.45, 7) is 4.26. The highest BCUT2D eigenvalue weighted by atomic mass is 79.9. The largest absolute Gasteiger partial charge is 0.207 e. The Labute approximate surface area is 135 Å². The van der Waals surface area contributed by atoms with Gasteiger partial charge in [-0.25, -0.2) is 4.39 Å². The molecule has 0 saturated carbocycles. The van der Waals surface area contributed by atoms with E-state index in [-0.39, 0.29) is 11.7 Å². The third-order valence-corrected chi connectivity index (χ3v) is 4.62. The summed E-state index contributed by atoms with van der Waals surface area (Å²) in [4.78, 5) is 0. The molecule has 0 amide bonds. The molecule has 2 aromatic carbocycles. The summed E-state index contributed by atoms with van der Waals surface area (Å²) < 4.78 is 13.6. The van der Waals surface area contributed by atoms with Gasteiger partial charge < -0.3 is 0 Å². The van der Waals surface area contributed by atoms with Crippen molar-refractivity contribution in [2.75, 3.05) is 5.33 Å². The summed E-state index contributed by atoms with van der Waals surface area (Å²) in [5.74, 6) is 0.126. The molecule has 0 radical (unpaired) electrons. The lowest BCUT2D eigenvalue weighted by Gasteiger charge is -2.19. The standard InChI is InChI=1S/C19H22BrF/c1-14-9-10-17(12-15(14)2)19(8-3-4-11-20)16-6-5-7-18(21)13-16/h5-7,9-10,12-13,19H,3-4,8,11H2,1-2H3/t19-/m0/s1. The van der Waals surface area contributed by atoms with Gasteiger partial charge in [0.25, 0.3) is 0 Å². The number of rotatable bonds is 6. The van der Waals surface area contributed by atoms with E-state index >= 15 is 0 Å². The number of aryl methyl sites for hydroxylation is 2. The van der Waals surface area contributed by atoms with E-state index < -0.39 is 0 Å². The fourth-order valence-electron chi connectivity index (χ4n) is 2.67. The van der Waals surface area contributed by atoms with Crippen molar-refractivity contribution in [2.24, 2.45) is 0 Å². The smallest absolute Gasteiger partial charge is 0.123 e. The summed E-state index contributed by atoms with van der Waals surface area (Å²) >= 11 is 3.48. The lowest BCUT2D eigenvalue weighted by Crippen LogP contribution is -2.03. The Bertz CT molecular complexity index is 592. The van der Waals surface area contributed by atoms with Gasteiger partial charge in [-0.2, -0.15) is 0 Å². The molecule has 112 valence electrons.